The van der Waals surface area contributed by atoms with E-state index in [1.165, 1.54) is 0 Å². The van der Waals surface area contributed by atoms with Gasteiger partial charge >= 0.3 is 6.03 Å². The van der Waals surface area contributed by atoms with E-state index in [0.717, 1.165) is 24.6 Å². The van der Waals surface area contributed by atoms with Gasteiger partial charge in [0.2, 0.25) is 0 Å². The third-order valence-corrected chi connectivity index (χ3v) is 2.93. The Kier molecular flexibility index (Phi) is 5.52. The zero-order valence-electron chi connectivity index (χ0n) is 10.2. The van der Waals surface area contributed by atoms with Crippen molar-refractivity contribution in [1.29, 1.82) is 0 Å². The maximum atomic E-state index is 12.8. The Balaban J connectivity index is 2.32. The molecule has 0 saturated carbocycles. The number of amides is 2. The van der Waals surface area contributed by atoms with Crippen molar-refractivity contribution in [2.75, 3.05) is 26.2 Å². The van der Waals surface area contributed by atoms with Gasteiger partial charge in [-0.15, -0.1) is 9.60 Å². The van der Waals surface area contributed by atoms with Crippen LogP contribution in [0.1, 0.15) is 33.1 Å². The molecule has 0 spiro atoms. The van der Waals surface area contributed by atoms with E-state index < -0.39 is 0 Å². The summed E-state index contributed by atoms with van der Waals surface area (Å²) in [5, 5.41) is 3.78. The van der Waals surface area contributed by atoms with Crippen molar-refractivity contribution in [2.24, 2.45) is 0 Å². The van der Waals surface area contributed by atoms with Crippen LogP contribution in [0.2, 0.25) is 0 Å². The van der Waals surface area contributed by atoms with Gasteiger partial charge in [-0.05, 0) is 26.2 Å². The summed E-state index contributed by atoms with van der Waals surface area (Å²) in [6.07, 6.45) is 2.36. The number of hydrogen-bond donors (Lipinski definition) is 1. The zero-order valence-corrected chi connectivity index (χ0v) is 10.2. The topological polar surface area (TPSA) is 35.6 Å². The Labute approximate surface area is 96.7 Å². The van der Waals surface area contributed by atoms with Crippen molar-refractivity contribution in [3.05, 3.63) is 0 Å². The molecule has 16 heavy (non-hydrogen) atoms. The lowest BCUT2D eigenvalue weighted by atomic mass is 10.1. The molecule has 0 atom stereocenters. The number of rotatable bonds is 4. The van der Waals surface area contributed by atoms with Gasteiger partial charge in [-0.3, -0.25) is 0 Å². The molecule has 0 bridgehead atoms. The summed E-state index contributed by atoms with van der Waals surface area (Å²) < 4.78 is 12.8. The summed E-state index contributed by atoms with van der Waals surface area (Å²) in [5.74, 6) is 0. The van der Waals surface area contributed by atoms with Crippen molar-refractivity contribution in [3.63, 3.8) is 0 Å². The maximum absolute atomic E-state index is 12.8. The first-order chi connectivity index (χ1) is 7.67. The van der Waals surface area contributed by atoms with Crippen LogP contribution in [0, 0.1) is 0 Å². The number of piperidine rings is 1. The van der Waals surface area contributed by atoms with E-state index in [0.29, 0.717) is 25.9 Å². The van der Waals surface area contributed by atoms with Crippen LogP contribution in [-0.4, -0.2) is 48.3 Å². The number of halogens is 1. The average molecular weight is 231 g/mol. The van der Waals surface area contributed by atoms with Crippen LogP contribution in [0.5, 0.6) is 0 Å². The summed E-state index contributed by atoms with van der Waals surface area (Å²) in [6.45, 7) is 6.37. The second kappa shape index (κ2) is 6.68. The van der Waals surface area contributed by atoms with Crippen LogP contribution >= 0.6 is 0 Å². The lowest BCUT2D eigenvalue weighted by Crippen LogP contribution is -2.48. The van der Waals surface area contributed by atoms with Gasteiger partial charge in [0.1, 0.15) is 0 Å². The Hall–Kier alpha value is -0.840. The zero-order chi connectivity index (χ0) is 12.0. The predicted octanol–water partition coefficient (Wildman–Crippen LogP) is 1.78. The molecule has 0 aromatic heterocycles. The van der Waals surface area contributed by atoms with Crippen molar-refractivity contribution in [3.8, 4) is 0 Å². The molecule has 1 aliphatic heterocycles. The number of urea groups is 1. The summed E-state index contributed by atoms with van der Waals surface area (Å²) in [5.41, 5.74) is 0. The number of carbonyl (C=O) groups is 1. The highest BCUT2D eigenvalue weighted by Gasteiger charge is 2.21. The molecule has 1 fully saturated rings. The fourth-order valence-corrected chi connectivity index (χ4v) is 1.93. The Morgan fingerprint density at radius 2 is 2.06 bits per heavy atom. The fourth-order valence-electron chi connectivity index (χ4n) is 1.93. The molecule has 0 aliphatic carbocycles. The molecule has 94 valence electrons. The van der Waals surface area contributed by atoms with Crippen LogP contribution < -0.4 is 5.32 Å². The standard InChI is InChI=1S/C11H22FN3O/c1-3-7-14(4-2)11(16)13-10-5-8-15(12)9-6-10/h10H,3-9H2,1-2H3,(H,13,16). The molecular formula is C11H22FN3O. The quantitative estimate of drug-likeness (QED) is 0.749. The van der Waals surface area contributed by atoms with E-state index in [-0.39, 0.29) is 12.1 Å². The van der Waals surface area contributed by atoms with E-state index in [1.807, 2.05) is 6.92 Å². The Morgan fingerprint density at radius 3 is 2.56 bits per heavy atom. The van der Waals surface area contributed by atoms with Crippen LogP contribution in [-0.2, 0) is 0 Å². The Morgan fingerprint density at radius 1 is 1.44 bits per heavy atom. The van der Waals surface area contributed by atoms with Crippen molar-refractivity contribution < 1.29 is 9.28 Å². The molecule has 1 aliphatic rings. The first-order valence-electron chi connectivity index (χ1n) is 6.13. The highest BCUT2D eigenvalue weighted by molar-refractivity contribution is 5.74. The lowest BCUT2D eigenvalue weighted by Gasteiger charge is -2.29. The van der Waals surface area contributed by atoms with Gasteiger partial charge in [-0.1, -0.05) is 6.92 Å². The van der Waals surface area contributed by atoms with E-state index >= 15 is 0 Å². The second-order valence-electron chi connectivity index (χ2n) is 4.21. The second-order valence-corrected chi connectivity index (χ2v) is 4.21. The van der Waals surface area contributed by atoms with Crippen LogP contribution in [0.15, 0.2) is 0 Å². The van der Waals surface area contributed by atoms with Gasteiger partial charge in [-0.25, -0.2) is 4.79 Å². The van der Waals surface area contributed by atoms with E-state index in [1.54, 1.807) is 4.90 Å². The minimum absolute atomic E-state index is 0.0124. The number of nitrogens with zero attached hydrogens (tertiary/aromatic N) is 2. The van der Waals surface area contributed by atoms with E-state index in [9.17, 15) is 9.28 Å². The normalized spacial score (nSPS) is 18.4. The lowest BCUT2D eigenvalue weighted by molar-refractivity contribution is -0.00155. The summed E-state index contributed by atoms with van der Waals surface area (Å²) >= 11 is 0. The molecular weight excluding hydrogens is 209 g/mol. The molecule has 1 rings (SSSR count). The maximum Gasteiger partial charge on any atom is 0.317 e. The summed E-state index contributed by atoms with van der Waals surface area (Å²) in [7, 11) is 0. The smallest absolute Gasteiger partial charge is 0.317 e. The molecule has 1 heterocycles. The first-order valence-corrected chi connectivity index (χ1v) is 6.13. The first kappa shape index (κ1) is 13.2. The molecule has 0 aromatic rings. The molecule has 5 heteroatoms. The summed E-state index contributed by atoms with van der Waals surface area (Å²) in [4.78, 5) is 13.6. The molecule has 4 nitrogen and oxygen atoms in total. The predicted molar refractivity (Wildman–Crippen MR) is 61.8 cm³/mol. The highest BCUT2D eigenvalue weighted by atomic mass is 19.2. The van der Waals surface area contributed by atoms with Crippen molar-refractivity contribution in [1.82, 2.24) is 15.3 Å². The van der Waals surface area contributed by atoms with Gasteiger partial charge in [0, 0.05) is 32.2 Å². The molecule has 0 unspecified atom stereocenters. The third kappa shape index (κ3) is 3.96. The SMILES string of the molecule is CCCN(CC)C(=O)NC1CCN(F)CC1. The average Bonchev–Trinajstić information content (AvgIpc) is 2.29. The number of hydrogen-bond acceptors (Lipinski definition) is 2. The van der Waals surface area contributed by atoms with Crippen molar-refractivity contribution in [2.45, 2.75) is 39.2 Å². The molecule has 0 aromatic carbocycles. The van der Waals surface area contributed by atoms with Gasteiger partial charge in [0.05, 0.1) is 0 Å². The van der Waals surface area contributed by atoms with Gasteiger partial charge in [0.25, 0.3) is 0 Å². The van der Waals surface area contributed by atoms with Crippen molar-refractivity contribution >= 4 is 6.03 Å². The van der Waals surface area contributed by atoms with Crippen LogP contribution in [0.4, 0.5) is 9.28 Å². The molecule has 0 radical (unpaired) electrons. The monoisotopic (exact) mass is 231 g/mol. The van der Waals surface area contributed by atoms with E-state index in [4.69, 9.17) is 0 Å². The molecule has 2 amide bonds. The summed E-state index contributed by atoms with van der Waals surface area (Å²) in [6, 6.07) is 0.118. The van der Waals surface area contributed by atoms with Crippen LogP contribution in [0.25, 0.3) is 0 Å². The van der Waals surface area contributed by atoms with Gasteiger partial charge in [-0.2, -0.15) is 0 Å². The fraction of sp³-hybridized carbons (Fsp3) is 0.909. The van der Waals surface area contributed by atoms with Crippen LogP contribution in [0.3, 0.4) is 0 Å². The van der Waals surface area contributed by atoms with E-state index in [2.05, 4.69) is 12.2 Å². The molecule has 1 saturated heterocycles. The number of nitrogens with one attached hydrogen (secondary N) is 1. The highest BCUT2D eigenvalue weighted by Crippen LogP contribution is 2.10. The minimum Gasteiger partial charge on any atom is -0.335 e. The largest absolute Gasteiger partial charge is 0.335 e. The Bertz CT molecular complexity index is 217. The number of carbonyl (C=O) groups excluding carboxylic acids is 1. The van der Waals surface area contributed by atoms with Gasteiger partial charge in [0.15, 0.2) is 0 Å². The third-order valence-electron chi connectivity index (χ3n) is 2.93. The van der Waals surface area contributed by atoms with Gasteiger partial charge < -0.3 is 10.2 Å². The minimum atomic E-state index is -0.0124. The molecule has 1 N–H and O–H groups in total.